The van der Waals surface area contributed by atoms with E-state index in [2.05, 4.69) is 32.5 Å². The second-order valence-corrected chi connectivity index (χ2v) is 8.13. The standard InChI is InChI=1S/C21H25FN6O.ClH/c1-12-5-14-8-24-28(19(14)6-17(12)16-3-4-23-9-18(16)22)21-7-20(25-13(2)26-21)27-10-15(29)11-27;/h5-8,15-16,18,23,29H,3-4,9-11H2,1-2H3;1H. The summed E-state index contributed by atoms with van der Waals surface area (Å²) >= 11 is 0. The van der Waals surface area contributed by atoms with Crippen molar-refractivity contribution in [2.24, 2.45) is 0 Å². The molecule has 30 heavy (non-hydrogen) atoms. The fraction of sp³-hybridized carbons (Fsp3) is 0.476. The monoisotopic (exact) mass is 432 g/mol. The van der Waals surface area contributed by atoms with Gasteiger partial charge < -0.3 is 15.3 Å². The fourth-order valence-electron chi connectivity index (χ4n) is 4.41. The number of rotatable bonds is 3. The lowest BCUT2D eigenvalue weighted by Crippen LogP contribution is -2.51. The van der Waals surface area contributed by atoms with Gasteiger partial charge in [-0.1, -0.05) is 0 Å². The molecule has 2 fully saturated rings. The molecule has 7 nitrogen and oxygen atoms in total. The van der Waals surface area contributed by atoms with Crippen molar-refractivity contribution in [3.8, 4) is 5.82 Å². The van der Waals surface area contributed by atoms with Crippen LogP contribution in [0.2, 0.25) is 0 Å². The van der Waals surface area contributed by atoms with E-state index in [1.807, 2.05) is 31.0 Å². The summed E-state index contributed by atoms with van der Waals surface area (Å²) in [5.41, 5.74) is 3.06. The van der Waals surface area contributed by atoms with E-state index in [-0.39, 0.29) is 24.4 Å². The molecule has 4 heterocycles. The minimum absolute atomic E-state index is 0. The number of nitrogens with one attached hydrogen (secondary N) is 1. The quantitative estimate of drug-likeness (QED) is 0.662. The Morgan fingerprint density at radius 3 is 2.63 bits per heavy atom. The van der Waals surface area contributed by atoms with Crippen molar-refractivity contribution in [1.29, 1.82) is 0 Å². The van der Waals surface area contributed by atoms with Crippen LogP contribution < -0.4 is 10.2 Å². The molecule has 0 amide bonds. The third kappa shape index (κ3) is 3.64. The van der Waals surface area contributed by atoms with Crippen LogP contribution in [0.15, 0.2) is 24.4 Å². The van der Waals surface area contributed by atoms with Crippen LogP contribution in [0.3, 0.4) is 0 Å². The summed E-state index contributed by atoms with van der Waals surface area (Å²) in [5.74, 6) is 2.02. The molecule has 2 N–H and O–H groups in total. The van der Waals surface area contributed by atoms with Gasteiger partial charge in [-0.05, 0) is 50.1 Å². The van der Waals surface area contributed by atoms with Crippen molar-refractivity contribution >= 4 is 29.1 Å². The van der Waals surface area contributed by atoms with E-state index in [1.165, 1.54) is 0 Å². The number of aryl methyl sites for hydroxylation is 2. The molecule has 0 bridgehead atoms. The third-order valence-electron chi connectivity index (χ3n) is 5.98. The van der Waals surface area contributed by atoms with Gasteiger partial charge in [-0.3, -0.25) is 0 Å². The van der Waals surface area contributed by atoms with Gasteiger partial charge in [0.15, 0.2) is 5.82 Å². The first-order chi connectivity index (χ1) is 14.0. The number of hydrogen-bond acceptors (Lipinski definition) is 6. The van der Waals surface area contributed by atoms with E-state index >= 15 is 0 Å². The van der Waals surface area contributed by atoms with Gasteiger partial charge in [-0.2, -0.15) is 5.10 Å². The molecule has 0 spiro atoms. The third-order valence-corrected chi connectivity index (χ3v) is 5.98. The largest absolute Gasteiger partial charge is 0.389 e. The van der Waals surface area contributed by atoms with E-state index in [0.717, 1.165) is 40.8 Å². The van der Waals surface area contributed by atoms with Crippen LogP contribution in [0.5, 0.6) is 0 Å². The van der Waals surface area contributed by atoms with Crippen LogP contribution in [0.25, 0.3) is 16.7 Å². The number of halogens is 2. The minimum Gasteiger partial charge on any atom is -0.389 e. The van der Waals surface area contributed by atoms with Gasteiger partial charge in [0.25, 0.3) is 0 Å². The van der Waals surface area contributed by atoms with Crippen molar-refractivity contribution in [3.05, 3.63) is 41.3 Å². The molecule has 5 rings (SSSR count). The van der Waals surface area contributed by atoms with Crippen molar-refractivity contribution in [2.75, 3.05) is 31.1 Å². The zero-order valence-electron chi connectivity index (χ0n) is 17.0. The highest BCUT2D eigenvalue weighted by molar-refractivity contribution is 5.85. The van der Waals surface area contributed by atoms with E-state index in [0.29, 0.717) is 31.3 Å². The second kappa shape index (κ2) is 8.09. The lowest BCUT2D eigenvalue weighted by atomic mass is 9.85. The Bertz CT molecular complexity index is 1070. The summed E-state index contributed by atoms with van der Waals surface area (Å²) < 4.78 is 16.4. The highest BCUT2D eigenvalue weighted by Crippen LogP contribution is 2.33. The average Bonchev–Trinajstić information content (AvgIpc) is 3.07. The zero-order valence-corrected chi connectivity index (χ0v) is 17.9. The Morgan fingerprint density at radius 2 is 1.90 bits per heavy atom. The van der Waals surface area contributed by atoms with Gasteiger partial charge in [0.05, 0.1) is 17.8 Å². The van der Waals surface area contributed by atoms with Gasteiger partial charge in [0.2, 0.25) is 0 Å². The molecular weight excluding hydrogens is 407 g/mol. The summed E-state index contributed by atoms with van der Waals surface area (Å²) in [6.45, 7) is 6.28. The molecule has 2 aliphatic heterocycles. The Hall–Kier alpha value is -2.29. The van der Waals surface area contributed by atoms with Crippen LogP contribution in [0, 0.1) is 13.8 Å². The molecule has 0 aliphatic carbocycles. The lowest BCUT2D eigenvalue weighted by Gasteiger charge is -2.36. The number of aliphatic hydroxyl groups excluding tert-OH is 1. The highest BCUT2D eigenvalue weighted by atomic mass is 35.5. The first kappa shape index (κ1) is 21.0. The van der Waals surface area contributed by atoms with Crippen LogP contribution in [-0.4, -0.2) is 63.3 Å². The molecule has 0 saturated carbocycles. The summed E-state index contributed by atoms with van der Waals surface area (Å²) in [6, 6.07) is 6.06. The summed E-state index contributed by atoms with van der Waals surface area (Å²) in [5, 5.41) is 18.3. The maximum Gasteiger partial charge on any atom is 0.159 e. The Labute approximate surface area is 180 Å². The van der Waals surface area contributed by atoms with Crippen molar-refractivity contribution in [2.45, 2.75) is 38.5 Å². The maximum atomic E-state index is 14.6. The molecule has 2 aliphatic rings. The molecule has 2 saturated heterocycles. The number of alkyl halides is 1. The van der Waals surface area contributed by atoms with Crippen molar-refractivity contribution < 1.29 is 9.50 Å². The second-order valence-electron chi connectivity index (χ2n) is 8.13. The number of benzene rings is 1. The van der Waals surface area contributed by atoms with Gasteiger partial charge in [0.1, 0.15) is 17.8 Å². The Balaban J connectivity index is 0.00000218. The van der Waals surface area contributed by atoms with Crippen LogP contribution >= 0.6 is 12.4 Å². The number of piperidine rings is 1. The molecule has 2 aromatic heterocycles. The Morgan fingerprint density at radius 1 is 1.13 bits per heavy atom. The van der Waals surface area contributed by atoms with Gasteiger partial charge in [-0.15, -0.1) is 12.4 Å². The maximum absolute atomic E-state index is 14.6. The number of hydrogen-bond donors (Lipinski definition) is 2. The molecular formula is C21H26ClFN6O. The smallest absolute Gasteiger partial charge is 0.159 e. The minimum atomic E-state index is -0.887. The normalized spacial score (nSPS) is 22.1. The topological polar surface area (TPSA) is 79.1 Å². The lowest BCUT2D eigenvalue weighted by molar-refractivity contribution is 0.141. The molecule has 1 aromatic carbocycles. The fourth-order valence-corrected chi connectivity index (χ4v) is 4.41. The molecule has 0 radical (unpaired) electrons. The van der Waals surface area contributed by atoms with E-state index in [9.17, 15) is 9.50 Å². The van der Waals surface area contributed by atoms with E-state index < -0.39 is 6.17 Å². The first-order valence-electron chi connectivity index (χ1n) is 10.1. The predicted octanol–water partition coefficient (Wildman–Crippen LogP) is 2.45. The number of aromatic nitrogens is 4. The van der Waals surface area contributed by atoms with Gasteiger partial charge >= 0.3 is 0 Å². The summed E-state index contributed by atoms with van der Waals surface area (Å²) in [4.78, 5) is 11.1. The van der Waals surface area contributed by atoms with E-state index in [4.69, 9.17) is 0 Å². The number of aliphatic hydroxyl groups is 1. The number of anilines is 1. The van der Waals surface area contributed by atoms with Crippen molar-refractivity contribution in [3.63, 3.8) is 0 Å². The van der Waals surface area contributed by atoms with Crippen LogP contribution in [-0.2, 0) is 0 Å². The molecule has 2 atom stereocenters. The number of fused-ring (bicyclic) bond motifs is 1. The average molecular weight is 433 g/mol. The van der Waals surface area contributed by atoms with Gasteiger partial charge in [0, 0.05) is 37.0 Å². The highest BCUT2D eigenvalue weighted by Gasteiger charge is 2.29. The SMILES string of the molecule is Cc1nc(N2CC(O)C2)cc(-n2ncc3cc(C)c(C4CCNCC4F)cc32)n1.Cl. The molecule has 160 valence electrons. The Kier molecular flexibility index (Phi) is 5.65. The first-order valence-corrected chi connectivity index (χ1v) is 10.1. The number of β-amino-alcohol motifs (C(OH)–C–C–N with tert-alkyl or cyclic N) is 1. The van der Waals surface area contributed by atoms with Crippen LogP contribution in [0.1, 0.15) is 29.3 Å². The summed E-state index contributed by atoms with van der Waals surface area (Å²) in [7, 11) is 0. The molecule has 3 aromatic rings. The van der Waals surface area contributed by atoms with Crippen molar-refractivity contribution in [1.82, 2.24) is 25.1 Å². The molecule has 9 heteroatoms. The van der Waals surface area contributed by atoms with Gasteiger partial charge in [-0.25, -0.2) is 19.0 Å². The molecule has 2 unspecified atom stereocenters. The van der Waals surface area contributed by atoms with Crippen LogP contribution in [0.4, 0.5) is 10.2 Å². The van der Waals surface area contributed by atoms with E-state index in [1.54, 1.807) is 4.68 Å². The number of nitrogens with zero attached hydrogens (tertiary/aromatic N) is 5. The summed E-state index contributed by atoms with van der Waals surface area (Å²) in [6.07, 6.45) is 1.42. The predicted molar refractivity (Wildman–Crippen MR) is 117 cm³/mol. The zero-order chi connectivity index (χ0) is 20.1.